The van der Waals surface area contributed by atoms with Crippen LogP contribution in [-0.4, -0.2) is 38.1 Å². The van der Waals surface area contributed by atoms with Crippen molar-refractivity contribution in [1.29, 1.82) is 0 Å². The Hall–Kier alpha value is -1.55. The first-order valence-corrected chi connectivity index (χ1v) is 8.59. The van der Waals surface area contributed by atoms with Crippen LogP contribution in [0.25, 0.3) is 0 Å². The van der Waals surface area contributed by atoms with E-state index < -0.39 is 0 Å². The molecule has 1 aromatic carbocycles. The van der Waals surface area contributed by atoms with E-state index in [0.717, 1.165) is 30.0 Å². The average molecular weight is 318 g/mol. The molecule has 1 unspecified atom stereocenters. The molecule has 0 aliphatic carbocycles. The number of rotatable bonds is 6. The summed E-state index contributed by atoms with van der Waals surface area (Å²) in [5, 5.41) is 3.39. The third kappa shape index (κ3) is 4.96. The van der Waals surface area contributed by atoms with E-state index in [-0.39, 0.29) is 5.91 Å². The number of hydrogen-bond acceptors (Lipinski definition) is 3. The van der Waals surface area contributed by atoms with Gasteiger partial charge in [0.15, 0.2) is 0 Å². The van der Waals surface area contributed by atoms with Crippen LogP contribution in [0.5, 0.6) is 5.75 Å². The molecule has 1 saturated heterocycles. The largest absolute Gasteiger partial charge is 0.496 e. The highest BCUT2D eigenvalue weighted by atomic mass is 16.5. The molecular formula is C19H30N2O2. The SMILES string of the molecule is COc1ccc(CN(C)C(=O)CC(C)C2CCNCC2)cc1C. The number of piperidine rings is 1. The molecule has 4 nitrogen and oxygen atoms in total. The second-order valence-electron chi connectivity index (χ2n) is 6.82. The molecule has 0 aromatic heterocycles. The number of carbonyl (C=O) groups is 1. The fraction of sp³-hybridized carbons (Fsp3) is 0.632. The lowest BCUT2D eigenvalue weighted by Gasteiger charge is -2.29. The predicted molar refractivity (Wildman–Crippen MR) is 93.6 cm³/mol. The minimum atomic E-state index is 0.240. The van der Waals surface area contributed by atoms with Gasteiger partial charge in [0.2, 0.25) is 5.91 Å². The van der Waals surface area contributed by atoms with Gasteiger partial charge in [0.1, 0.15) is 5.75 Å². The topological polar surface area (TPSA) is 41.6 Å². The number of nitrogens with one attached hydrogen (secondary N) is 1. The van der Waals surface area contributed by atoms with E-state index in [1.807, 2.05) is 31.0 Å². The van der Waals surface area contributed by atoms with Gasteiger partial charge in [-0.15, -0.1) is 0 Å². The number of methoxy groups -OCH3 is 1. The van der Waals surface area contributed by atoms with Crippen LogP contribution >= 0.6 is 0 Å². The molecule has 0 bridgehead atoms. The normalized spacial score (nSPS) is 16.9. The minimum Gasteiger partial charge on any atom is -0.496 e. The molecule has 23 heavy (non-hydrogen) atoms. The van der Waals surface area contributed by atoms with Gasteiger partial charge in [-0.25, -0.2) is 0 Å². The molecule has 4 heteroatoms. The first kappa shape index (κ1) is 17.8. The monoisotopic (exact) mass is 318 g/mol. The van der Waals surface area contributed by atoms with Gasteiger partial charge < -0.3 is 15.0 Å². The van der Waals surface area contributed by atoms with E-state index in [9.17, 15) is 4.79 Å². The van der Waals surface area contributed by atoms with Crippen molar-refractivity contribution in [2.24, 2.45) is 11.8 Å². The summed E-state index contributed by atoms with van der Waals surface area (Å²) in [7, 11) is 3.58. The summed E-state index contributed by atoms with van der Waals surface area (Å²) >= 11 is 0. The Kier molecular flexibility index (Phi) is 6.46. The Labute approximate surface area is 140 Å². The maximum absolute atomic E-state index is 12.5. The maximum Gasteiger partial charge on any atom is 0.222 e. The molecule has 1 atom stereocenters. The van der Waals surface area contributed by atoms with Gasteiger partial charge in [-0.3, -0.25) is 4.79 Å². The summed E-state index contributed by atoms with van der Waals surface area (Å²) in [5.74, 6) is 2.27. The van der Waals surface area contributed by atoms with E-state index in [0.29, 0.717) is 24.8 Å². The fourth-order valence-corrected chi connectivity index (χ4v) is 3.41. The molecule has 128 valence electrons. The molecule has 1 heterocycles. The molecule has 1 aromatic rings. The zero-order chi connectivity index (χ0) is 16.8. The molecule has 0 radical (unpaired) electrons. The number of benzene rings is 1. The van der Waals surface area contributed by atoms with E-state index in [4.69, 9.17) is 4.74 Å². The number of amides is 1. The lowest BCUT2D eigenvalue weighted by molar-refractivity contribution is -0.131. The van der Waals surface area contributed by atoms with Crippen LogP contribution in [0.4, 0.5) is 0 Å². The van der Waals surface area contributed by atoms with Crippen molar-refractivity contribution in [3.63, 3.8) is 0 Å². The highest BCUT2D eigenvalue weighted by Gasteiger charge is 2.23. The molecule has 1 aliphatic rings. The van der Waals surface area contributed by atoms with Crippen LogP contribution in [0.1, 0.15) is 37.3 Å². The third-order valence-electron chi connectivity index (χ3n) is 4.99. The number of hydrogen-bond donors (Lipinski definition) is 1. The minimum absolute atomic E-state index is 0.240. The number of nitrogens with zero attached hydrogens (tertiary/aromatic N) is 1. The summed E-state index contributed by atoms with van der Waals surface area (Å²) in [6, 6.07) is 6.10. The average Bonchev–Trinajstić information content (AvgIpc) is 2.55. The van der Waals surface area contributed by atoms with Crippen molar-refractivity contribution >= 4 is 5.91 Å². The number of carbonyl (C=O) groups excluding carboxylic acids is 1. The molecule has 2 rings (SSSR count). The Morgan fingerprint density at radius 3 is 2.70 bits per heavy atom. The summed E-state index contributed by atoms with van der Waals surface area (Å²) in [4.78, 5) is 14.3. The zero-order valence-corrected chi connectivity index (χ0v) is 14.9. The fourth-order valence-electron chi connectivity index (χ4n) is 3.41. The molecule has 1 amide bonds. The maximum atomic E-state index is 12.5. The zero-order valence-electron chi connectivity index (χ0n) is 14.9. The van der Waals surface area contributed by atoms with E-state index in [2.05, 4.69) is 18.3 Å². The van der Waals surface area contributed by atoms with Crippen molar-refractivity contribution in [3.8, 4) is 5.75 Å². The number of ether oxygens (including phenoxy) is 1. The standard InChI is InChI=1S/C19H30N2O2/c1-14(17-7-9-20-10-8-17)12-19(22)21(3)13-16-5-6-18(23-4)15(2)11-16/h5-6,11,14,17,20H,7-10,12-13H2,1-4H3. The highest BCUT2D eigenvalue weighted by molar-refractivity contribution is 5.76. The second-order valence-corrected chi connectivity index (χ2v) is 6.82. The van der Waals surface area contributed by atoms with Gasteiger partial charge in [0, 0.05) is 20.0 Å². The Balaban J connectivity index is 1.87. The van der Waals surface area contributed by atoms with Crippen molar-refractivity contribution in [1.82, 2.24) is 10.2 Å². The van der Waals surface area contributed by atoms with Gasteiger partial charge in [0.05, 0.1) is 7.11 Å². The van der Waals surface area contributed by atoms with Gasteiger partial charge in [-0.1, -0.05) is 19.1 Å². The van der Waals surface area contributed by atoms with Crippen molar-refractivity contribution in [2.45, 2.75) is 39.7 Å². The van der Waals surface area contributed by atoms with E-state index in [1.54, 1.807) is 7.11 Å². The smallest absolute Gasteiger partial charge is 0.222 e. The summed E-state index contributed by atoms with van der Waals surface area (Å²) in [6.07, 6.45) is 3.03. The van der Waals surface area contributed by atoms with Crippen LogP contribution in [0.3, 0.4) is 0 Å². The lowest BCUT2D eigenvalue weighted by Crippen LogP contribution is -2.34. The van der Waals surface area contributed by atoms with Crippen molar-refractivity contribution in [2.75, 3.05) is 27.2 Å². The predicted octanol–water partition coefficient (Wildman–Crippen LogP) is 2.99. The molecular weight excluding hydrogens is 288 g/mol. The first-order chi connectivity index (χ1) is 11.0. The highest BCUT2D eigenvalue weighted by Crippen LogP contribution is 2.25. The van der Waals surface area contributed by atoms with Crippen LogP contribution < -0.4 is 10.1 Å². The lowest BCUT2D eigenvalue weighted by atomic mass is 9.84. The molecule has 1 aliphatic heterocycles. The molecule has 1 fully saturated rings. The van der Waals surface area contributed by atoms with Gasteiger partial charge in [0.25, 0.3) is 0 Å². The van der Waals surface area contributed by atoms with Crippen molar-refractivity contribution in [3.05, 3.63) is 29.3 Å². The Bertz CT molecular complexity index is 524. The van der Waals surface area contributed by atoms with Gasteiger partial charge in [-0.2, -0.15) is 0 Å². The van der Waals surface area contributed by atoms with E-state index in [1.165, 1.54) is 12.8 Å². The van der Waals surface area contributed by atoms with Crippen LogP contribution in [-0.2, 0) is 11.3 Å². The van der Waals surface area contributed by atoms with Crippen molar-refractivity contribution < 1.29 is 9.53 Å². The number of aryl methyl sites for hydroxylation is 1. The van der Waals surface area contributed by atoms with Gasteiger partial charge >= 0.3 is 0 Å². The summed E-state index contributed by atoms with van der Waals surface area (Å²) in [5.41, 5.74) is 2.25. The third-order valence-corrected chi connectivity index (χ3v) is 4.99. The summed E-state index contributed by atoms with van der Waals surface area (Å²) < 4.78 is 5.29. The first-order valence-electron chi connectivity index (χ1n) is 8.59. The van der Waals surface area contributed by atoms with Crippen LogP contribution in [0, 0.1) is 18.8 Å². The Morgan fingerprint density at radius 2 is 2.09 bits per heavy atom. The molecule has 0 saturated carbocycles. The second kappa shape index (κ2) is 8.34. The molecule has 1 N–H and O–H groups in total. The summed E-state index contributed by atoms with van der Waals surface area (Å²) in [6.45, 7) is 7.08. The molecule has 0 spiro atoms. The quantitative estimate of drug-likeness (QED) is 0.877. The Morgan fingerprint density at radius 1 is 1.39 bits per heavy atom. The van der Waals surface area contributed by atoms with Crippen LogP contribution in [0.2, 0.25) is 0 Å². The van der Waals surface area contributed by atoms with Gasteiger partial charge in [-0.05, 0) is 61.9 Å². The van der Waals surface area contributed by atoms with Crippen LogP contribution in [0.15, 0.2) is 18.2 Å². The van der Waals surface area contributed by atoms with E-state index >= 15 is 0 Å².